The van der Waals surface area contributed by atoms with Gasteiger partial charge in [-0.2, -0.15) is 0 Å². The van der Waals surface area contributed by atoms with E-state index in [1.165, 1.54) is 0 Å². The summed E-state index contributed by atoms with van der Waals surface area (Å²) >= 11 is 0. The highest BCUT2D eigenvalue weighted by Gasteiger charge is 2.32. The Labute approximate surface area is 194 Å². The molecule has 33 heavy (non-hydrogen) atoms. The number of carbonyl (C=O) groups excluding carboxylic acids is 1. The minimum atomic E-state index is -3.75. The van der Waals surface area contributed by atoms with Crippen molar-refractivity contribution in [3.63, 3.8) is 0 Å². The summed E-state index contributed by atoms with van der Waals surface area (Å²) in [5.41, 5.74) is 4.00. The van der Waals surface area contributed by atoms with E-state index in [0.717, 1.165) is 16.7 Å². The first kappa shape index (κ1) is 24.3. The third-order valence-electron chi connectivity index (χ3n) is 5.36. The van der Waals surface area contributed by atoms with Gasteiger partial charge in [0.25, 0.3) is 10.0 Å². The number of amides is 1. The second kappa shape index (κ2) is 10.1. The van der Waals surface area contributed by atoms with E-state index in [1.54, 1.807) is 32.2 Å². The van der Waals surface area contributed by atoms with Crippen molar-refractivity contribution in [2.24, 2.45) is 4.99 Å². The van der Waals surface area contributed by atoms with Crippen molar-refractivity contribution in [3.05, 3.63) is 64.2 Å². The zero-order valence-corrected chi connectivity index (χ0v) is 20.3. The van der Waals surface area contributed by atoms with E-state index in [0.29, 0.717) is 29.2 Å². The lowest BCUT2D eigenvalue weighted by Crippen LogP contribution is -2.28. The molecule has 2 aromatic carbocycles. The van der Waals surface area contributed by atoms with Crippen molar-refractivity contribution < 1.29 is 22.7 Å². The van der Waals surface area contributed by atoms with Gasteiger partial charge in [-0.3, -0.25) is 14.5 Å². The van der Waals surface area contributed by atoms with E-state index in [1.807, 2.05) is 39.0 Å². The molecule has 0 saturated carbocycles. The van der Waals surface area contributed by atoms with Crippen LogP contribution in [0.5, 0.6) is 11.5 Å². The molecule has 0 bridgehead atoms. The summed E-state index contributed by atoms with van der Waals surface area (Å²) in [7, 11) is -2.19. The smallest absolute Gasteiger partial charge is 0.264 e. The number of hydrogen-bond acceptors (Lipinski definition) is 6. The molecule has 2 aromatic rings. The molecule has 0 fully saturated rings. The van der Waals surface area contributed by atoms with Crippen LogP contribution in [-0.2, 0) is 21.4 Å². The van der Waals surface area contributed by atoms with Gasteiger partial charge in [-0.1, -0.05) is 24.3 Å². The van der Waals surface area contributed by atoms with E-state index in [4.69, 9.17) is 9.47 Å². The van der Waals surface area contributed by atoms with Crippen molar-refractivity contribution in [3.8, 4) is 11.5 Å². The number of rotatable bonds is 8. The molecule has 1 aliphatic rings. The van der Waals surface area contributed by atoms with Crippen LogP contribution in [0.1, 0.15) is 36.1 Å². The van der Waals surface area contributed by atoms with E-state index in [2.05, 4.69) is 15.0 Å². The number of methoxy groups -OCH3 is 1. The first-order valence-electron chi connectivity index (χ1n) is 10.6. The molecule has 1 aliphatic heterocycles. The number of benzene rings is 2. The van der Waals surface area contributed by atoms with Gasteiger partial charge in [0.1, 0.15) is 17.3 Å². The number of carbonyl (C=O) groups is 1. The highest BCUT2D eigenvalue weighted by molar-refractivity contribution is 8.00. The van der Waals surface area contributed by atoms with Gasteiger partial charge in [0, 0.05) is 12.1 Å². The predicted octanol–water partition coefficient (Wildman–Crippen LogP) is 3.09. The average molecular weight is 472 g/mol. The van der Waals surface area contributed by atoms with Crippen molar-refractivity contribution in [2.75, 3.05) is 20.3 Å². The van der Waals surface area contributed by atoms with Crippen molar-refractivity contribution >= 4 is 26.7 Å². The van der Waals surface area contributed by atoms with Gasteiger partial charge in [-0.15, -0.1) is 0 Å². The first-order chi connectivity index (χ1) is 15.7. The van der Waals surface area contributed by atoms with Crippen LogP contribution in [0.4, 0.5) is 0 Å². The van der Waals surface area contributed by atoms with Crippen LogP contribution in [0.15, 0.2) is 47.0 Å². The molecule has 1 heterocycles. The third-order valence-corrected chi connectivity index (χ3v) is 6.90. The maximum absolute atomic E-state index is 12.7. The van der Waals surface area contributed by atoms with Gasteiger partial charge in [-0.05, 0) is 62.1 Å². The number of aliphatic imine (C=N–C) groups is 1. The Bertz CT molecular complexity index is 1230. The molecular weight excluding hydrogens is 442 g/mol. The molecule has 0 aliphatic carbocycles. The Morgan fingerprint density at radius 1 is 1.06 bits per heavy atom. The minimum absolute atomic E-state index is 0.182. The van der Waals surface area contributed by atoms with Gasteiger partial charge in [0.15, 0.2) is 11.5 Å². The summed E-state index contributed by atoms with van der Waals surface area (Å²) < 4.78 is 38.7. The topological polar surface area (TPSA) is 106 Å². The Kier molecular flexibility index (Phi) is 7.43. The summed E-state index contributed by atoms with van der Waals surface area (Å²) in [5, 5.41) is 2.78. The lowest BCUT2D eigenvalue weighted by molar-refractivity contribution is -0.119. The third kappa shape index (κ3) is 5.54. The van der Waals surface area contributed by atoms with Crippen LogP contribution >= 0.6 is 0 Å². The summed E-state index contributed by atoms with van der Waals surface area (Å²) in [6.45, 7) is 8.08. The Morgan fingerprint density at radius 2 is 1.82 bits per heavy atom. The first-order valence-corrected chi connectivity index (χ1v) is 12.1. The molecule has 0 atom stereocenters. The number of nitrogens with one attached hydrogen (secondary N) is 2. The molecule has 176 valence electrons. The molecule has 9 heteroatoms. The molecule has 1 amide bonds. The minimum Gasteiger partial charge on any atom is -0.493 e. The molecule has 0 aromatic heterocycles. The van der Waals surface area contributed by atoms with E-state index >= 15 is 0 Å². The molecule has 2 N–H and O–H groups in total. The maximum atomic E-state index is 12.7. The fourth-order valence-electron chi connectivity index (χ4n) is 3.47. The number of aryl methyl sites for hydroxylation is 2. The Balaban J connectivity index is 1.70. The van der Waals surface area contributed by atoms with Crippen LogP contribution in [-0.4, -0.2) is 40.4 Å². The largest absolute Gasteiger partial charge is 0.493 e. The van der Waals surface area contributed by atoms with Crippen LogP contribution in [0.2, 0.25) is 0 Å². The van der Waals surface area contributed by atoms with Gasteiger partial charge >= 0.3 is 0 Å². The zero-order valence-electron chi connectivity index (χ0n) is 19.5. The Hall–Kier alpha value is -3.33. The van der Waals surface area contributed by atoms with E-state index in [9.17, 15) is 13.2 Å². The second-order valence-electron chi connectivity index (χ2n) is 7.72. The Morgan fingerprint density at radius 3 is 2.48 bits per heavy atom. The standard InChI is InChI=1S/C24H29N3O5S/c1-6-32-20-10-8-18(12-21(20)31-5)13-25-22(28)14-26-24-17(4)23(33(29,30)27-24)19-9-7-15(2)16(3)11-19/h7-12H,6,13-14H2,1-5H3,(H,25,28)(H,26,27). The predicted molar refractivity (Wildman–Crippen MR) is 129 cm³/mol. The zero-order chi connectivity index (χ0) is 24.2. The number of amidine groups is 1. The second-order valence-corrected chi connectivity index (χ2v) is 9.34. The molecular formula is C24H29N3O5S. The lowest BCUT2D eigenvalue weighted by Gasteiger charge is -2.11. The molecule has 0 saturated heterocycles. The quantitative estimate of drug-likeness (QED) is 0.615. The van der Waals surface area contributed by atoms with Gasteiger partial charge in [-0.25, -0.2) is 8.42 Å². The monoisotopic (exact) mass is 471 g/mol. The summed E-state index contributed by atoms with van der Waals surface area (Å²) in [4.78, 5) is 16.7. The summed E-state index contributed by atoms with van der Waals surface area (Å²) in [6.07, 6.45) is 0. The number of sulfonamides is 1. The highest BCUT2D eigenvalue weighted by Crippen LogP contribution is 2.31. The van der Waals surface area contributed by atoms with Crippen molar-refractivity contribution in [2.45, 2.75) is 34.2 Å². The van der Waals surface area contributed by atoms with Crippen LogP contribution in [0.3, 0.4) is 0 Å². The van der Waals surface area contributed by atoms with Crippen LogP contribution in [0, 0.1) is 13.8 Å². The van der Waals surface area contributed by atoms with Crippen LogP contribution in [0.25, 0.3) is 4.91 Å². The van der Waals surface area contributed by atoms with Gasteiger partial charge < -0.3 is 14.8 Å². The molecule has 0 unspecified atom stereocenters. The summed E-state index contributed by atoms with van der Waals surface area (Å²) in [5.74, 6) is 1.07. The SMILES string of the molecule is CCOc1ccc(CNC(=O)CN=C2NS(=O)(=O)C(c3ccc(C)c(C)c3)=C2C)cc1OC. The maximum Gasteiger partial charge on any atom is 0.264 e. The lowest BCUT2D eigenvalue weighted by atomic mass is 10.0. The van der Waals surface area contributed by atoms with Gasteiger partial charge in [0.2, 0.25) is 5.91 Å². The van der Waals surface area contributed by atoms with E-state index in [-0.39, 0.29) is 29.7 Å². The molecule has 0 spiro atoms. The number of ether oxygens (including phenoxy) is 2. The normalized spacial score (nSPS) is 16.0. The summed E-state index contributed by atoms with van der Waals surface area (Å²) in [6, 6.07) is 10.9. The number of nitrogens with zero attached hydrogens (tertiary/aromatic N) is 1. The van der Waals surface area contributed by atoms with Gasteiger partial charge in [0.05, 0.1) is 13.7 Å². The van der Waals surface area contributed by atoms with Crippen LogP contribution < -0.4 is 19.5 Å². The fourth-order valence-corrected chi connectivity index (χ4v) is 4.98. The van der Waals surface area contributed by atoms with E-state index < -0.39 is 10.0 Å². The molecule has 0 radical (unpaired) electrons. The molecule has 8 nitrogen and oxygen atoms in total. The highest BCUT2D eigenvalue weighted by atomic mass is 32.2. The fraction of sp³-hybridized carbons (Fsp3) is 0.333. The van der Waals surface area contributed by atoms with Crippen molar-refractivity contribution in [1.82, 2.24) is 10.0 Å². The van der Waals surface area contributed by atoms with Crippen molar-refractivity contribution in [1.29, 1.82) is 0 Å². The number of hydrogen-bond donors (Lipinski definition) is 2. The average Bonchev–Trinajstić information content (AvgIpc) is 3.01. The molecule has 3 rings (SSSR count).